The Kier molecular flexibility index (Phi) is 1.91. The predicted octanol–water partition coefficient (Wildman–Crippen LogP) is 2.77. The molecular formula is C13H14O. The zero-order chi connectivity index (χ0) is 9.38. The molecule has 0 fully saturated rings. The number of rotatable bonds is 0. The highest BCUT2D eigenvalue weighted by Crippen LogP contribution is 2.35. The van der Waals surface area contributed by atoms with Crippen LogP contribution in [0.2, 0.25) is 0 Å². The van der Waals surface area contributed by atoms with E-state index in [2.05, 4.69) is 36.5 Å². The second kappa shape index (κ2) is 3.25. The molecule has 1 aliphatic heterocycles. The molecular weight excluding hydrogens is 172 g/mol. The number of fused-ring (bicyclic) bond motifs is 2. The lowest BCUT2D eigenvalue weighted by Gasteiger charge is -2.34. The standard InChI is InChI=1S/C13H14O/c1-2-6-11-10(5-1)9-14-13-8-4-3-7-12(11)13/h2-4,6-8,12-13H,1,5,9H2. The van der Waals surface area contributed by atoms with Gasteiger partial charge in [0.2, 0.25) is 0 Å². The van der Waals surface area contributed by atoms with Crippen LogP contribution in [0.5, 0.6) is 0 Å². The summed E-state index contributed by atoms with van der Waals surface area (Å²) in [6.07, 6.45) is 15.9. The average molecular weight is 186 g/mol. The van der Waals surface area contributed by atoms with Gasteiger partial charge in [0.25, 0.3) is 0 Å². The molecule has 3 aliphatic rings. The zero-order valence-corrected chi connectivity index (χ0v) is 8.15. The van der Waals surface area contributed by atoms with E-state index in [9.17, 15) is 0 Å². The molecule has 0 bridgehead atoms. The molecule has 0 amide bonds. The summed E-state index contributed by atoms with van der Waals surface area (Å²) in [5.74, 6) is 0.472. The van der Waals surface area contributed by atoms with Crippen LogP contribution in [0.1, 0.15) is 12.8 Å². The van der Waals surface area contributed by atoms with Gasteiger partial charge in [0.1, 0.15) is 0 Å². The summed E-state index contributed by atoms with van der Waals surface area (Å²) in [5.41, 5.74) is 3.02. The smallest absolute Gasteiger partial charge is 0.0866 e. The molecule has 0 radical (unpaired) electrons. The molecule has 0 aromatic carbocycles. The lowest BCUT2D eigenvalue weighted by molar-refractivity contribution is 0.0677. The molecule has 1 heteroatoms. The number of allylic oxidation sites excluding steroid dienone is 4. The van der Waals surface area contributed by atoms with Crippen molar-refractivity contribution in [2.45, 2.75) is 18.9 Å². The fraction of sp³-hybridized carbons (Fsp3) is 0.385. The Morgan fingerprint density at radius 1 is 1.21 bits per heavy atom. The van der Waals surface area contributed by atoms with Crippen molar-refractivity contribution >= 4 is 0 Å². The SMILES string of the molecule is C1=CC2OCC3=C(C=CCC3)C2C=C1. The summed E-state index contributed by atoms with van der Waals surface area (Å²) in [4.78, 5) is 0. The first-order chi connectivity index (χ1) is 6.95. The van der Waals surface area contributed by atoms with Gasteiger partial charge in [0.15, 0.2) is 0 Å². The topological polar surface area (TPSA) is 9.23 Å². The summed E-state index contributed by atoms with van der Waals surface area (Å²) in [6, 6.07) is 0. The van der Waals surface area contributed by atoms with Crippen molar-refractivity contribution < 1.29 is 4.74 Å². The molecule has 3 rings (SSSR count). The van der Waals surface area contributed by atoms with Gasteiger partial charge in [-0.05, 0) is 24.0 Å². The van der Waals surface area contributed by atoms with Crippen LogP contribution in [0, 0.1) is 5.92 Å². The van der Waals surface area contributed by atoms with E-state index in [1.807, 2.05) is 0 Å². The van der Waals surface area contributed by atoms with Crippen molar-refractivity contribution in [3.05, 3.63) is 47.6 Å². The fourth-order valence-electron chi connectivity index (χ4n) is 2.46. The molecule has 0 spiro atoms. The Morgan fingerprint density at radius 2 is 2.14 bits per heavy atom. The second-order valence-electron chi connectivity index (χ2n) is 4.07. The summed E-state index contributed by atoms with van der Waals surface area (Å²) in [5, 5.41) is 0. The van der Waals surface area contributed by atoms with E-state index in [0.717, 1.165) is 6.61 Å². The van der Waals surface area contributed by atoms with E-state index in [1.165, 1.54) is 24.0 Å². The molecule has 2 atom stereocenters. The van der Waals surface area contributed by atoms with E-state index in [1.54, 1.807) is 0 Å². The van der Waals surface area contributed by atoms with Crippen LogP contribution in [0.3, 0.4) is 0 Å². The Labute approximate surface area is 84.5 Å². The van der Waals surface area contributed by atoms with Crippen molar-refractivity contribution in [3.63, 3.8) is 0 Å². The lowest BCUT2D eigenvalue weighted by atomic mass is 9.81. The quantitative estimate of drug-likeness (QED) is 0.565. The number of hydrogen-bond acceptors (Lipinski definition) is 1. The van der Waals surface area contributed by atoms with Crippen LogP contribution < -0.4 is 0 Å². The van der Waals surface area contributed by atoms with Gasteiger partial charge in [-0.2, -0.15) is 0 Å². The maximum Gasteiger partial charge on any atom is 0.0866 e. The van der Waals surface area contributed by atoms with Gasteiger partial charge >= 0.3 is 0 Å². The van der Waals surface area contributed by atoms with Gasteiger partial charge in [-0.15, -0.1) is 0 Å². The first kappa shape index (κ1) is 8.25. The highest BCUT2D eigenvalue weighted by molar-refractivity contribution is 5.40. The van der Waals surface area contributed by atoms with Crippen LogP contribution in [0.25, 0.3) is 0 Å². The fourth-order valence-corrected chi connectivity index (χ4v) is 2.46. The van der Waals surface area contributed by atoms with E-state index in [0.29, 0.717) is 5.92 Å². The normalized spacial score (nSPS) is 34.3. The largest absolute Gasteiger partial charge is 0.369 e. The summed E-state index contributed by atoms with van der Waals surface area (Å²) in [7, 11) is 0. The van der Waals surface area contributed by atoms with E-state index < -0.39 is 0 Å². The summed E-state index contributed by atoms with van der Waals surface area (Å²) < 4.78 is 5.82. The number of hydrogen-bond donors (Lipinski definition) is 0. The molecule has 0 saturated heterocycles. The van der Waals surface area contributed by atoms with Crippen LogP contribution in [0.4, 0.5) is 0 Å². The molecule has 0 aromatic rings. The third kappa shape index (κ3) is 1.20. The Bertz CT molecular complexity index is 357. The average Bonchev–Trinajstić information content (AvgIpc) is 2.29. The molecule has 1 heterocycles. The van der Waals surface area contributed by atoms with Crippen molar-refractivity contribution in [3.8, 4) is 0 Å². The van der Waals surface area contributed by atoms with Crippen molar-refractivity contribution in [1.82, 2.24) is 0 Å². The molecule has 0 aromatic heterocycles. The lowest BCUT2D eigenvalue weighted by Crippen LogP contribution is -2.30. The maximum atomic E-state index is 5.82. The third-order valence-corrected chi connectivity index (χ3v) is 3.21. The van der Waals surface area contributed by atoms with E-state index in [-0.39, 0.29) is 6.10 Å². The van der Waals surface area contributed by atoms with Gasteiger partial charge in [0, 0.05) is 5.92 Å². The molecule has 0 N–H and O–H groups in total. The van der Waals surface area contributed by atoms with E-state index >= 15 is 0 Å². The van der Waals surface area contributed by atoms with Gasteiger partial charge in [-0.1, -0.05) is 36.5 Å². The first-order valence-electron chi connectivity index (χ1n) is 5.30. The van der Waals surface area contributed by atoms with Gasteiger partial charge < -0.3 is 4.74 Å². The molecule has 2 aliphatic carbocycles. The van der Waals surface area contributed by atoms with Crippen LogP contribution >= 0.6 is 0 Å². The van der Waals surface area contributed by atoms with Crippen LogP contribution in [0.15, 0.2) is 47.6 Å². The number of ether oxygens (including phenoxy) is 1. The van der Waals surface area contributed by atoms with Crippen molar-refractivity contribution in [2.75, 3.05) is 6.61 Å². The molecule has 72 valence electrons. The molecule has 0 saturated carbocycles. The van der Waals surface area contributed by atoms with Gasteiger partial charge in [0.05, 0.1) is 12.7 Å². The van der Waals surface area contributed by atoms with Crippen LogP contribution in [-0.2, 0) is 4.74 Å². The van der Waals surface area contributed by atoms with Gasteiger partial charge in [-0.25, -0.2) is 0 Å². The summed E-state index contributed by atoms with van der Waals surface area (Å²) >= 11 is 0. The minimum atomic E-state index is 0.279. The Balaban J connectivity index is 2.00. The van der Waals surface area contributed by atoms with Crippen molar-refractivity contribution in [2.24, 2.45) is 5.92 Å². The zero-order valence-electron chi connectivity index (χ0n) is 8.15. The minimum Gasteiger partial charge on any atom is -0.369 e. The Hall–Kier alpha value is -1.08. The molecule has 2 unspecified atom stereocenters. The van der Waals surface area contributed by atoms with Gasteiger partial charge in [-0.3, -0.25) is 0 Å². The van der Waals surface area contributed by atoms with Crippen molar-refractivity contribution in [1.29, 1.82) is 0 Å². The predicted molar refractivity (Wildman–Crippen MR) is 56.9 cm³/mol. The summed E-state index contributed by atoms with van der Waals surface area (Å²) in [6.45, 7) is 0.832. The highest BCUT2D eigenvalue weighted by atomic mass is 16.5. The molecule has 1 nitrogen and oxygen atoms in total. The second-order valence-corrected chi connectivity index (χ2v) is 4.07. The third-order valence-electron chi connectivity index (χ3n) is 3.21. The minimum absolute atomic E-state index is 0.279. The molecule has 14 heavy (non-hydrogen) atoms. The first-order valence-corrected chi connectivity index (χ1v) is 5.30. The monoisotopic (exact) mass is 186 g/mol. The Morgan fingerprint density at radius 3 is 3.14 bits per heavy atom. The maximum absolute atomic E-state index is 5.82. The van der Waals surface area contributed by atoms with E-state index in [4.69, 9.17) is 4.74 Å². The highest BCUT2D eigenvalue weighted by Gasteiger charge is 2.29. The van der Waals surface area contributed by atoms with Crippen LogP contribution in [-0.4, -0.2) is 12.7 Å².